The fourth-order valence-electron chi connectivity index (χ4n) is 1.94. The molecule has 5 heteroatoms. The summed E-state index contributed by atoms with van der Waals surface area (Å²) in [6.45, 7) is 5.98. The van der Waals surface area contributed by atoms with Crippen molar-refractivity contribution in [2.75, 3.05) is 11.1 Å². The van der Waals surface area contributed by atoms with Gasteiger partial charge in [-0.1, -0.05) is 35.8 Å². The standard InChI is InChI=1S/C16H18BrN3O/c1-9(2)14-7-11(8-15(18)19-14)16(21)20-13-6-4-5-12(17)10(13)3/h4-9H,1-3H3,(H2,18,19)(H,20,21). The number of nitrogens with zero attached hydrogens (tertiary/aromatic N) is 1. The molecule has 0 aliphatic carbocycles. The van der Waals surface area contributed by atoms with Gasteiger partial charge in [0.25, 0.3) is 5.91 Å². The lowest BCUT2D eigenvalue weighted by atomic mass is 10.1. The SMILES string of the molecule is Cc1c(Br)cccc1NC(=O)c1cc(N)nc(C(C)C)c1. The molecule has 0 saturated heterocycles. The highest BCUT2D eigenvalue weighted by molar-refractivity contribution is 9.10. The highest BCUT2D eigenvalue weighted by Crippen LogP contribution is 2.24. The van der Waals surface area contributed by atoms with Crippen LogP contribution in [0.3, 0.4) is 0 Å². The smallest absolute Gasteiger partial charge is 0.255 e. The third-order valence-electron chi connectivity index (χ3n) is 3.23. The molecule has 21 heavy (non-hydrogen) atoms. The Bertz CT molecular complexity index is 683. The molecule has 0 fully saturated rings. The molecule has 1 aromatic heterocycles. The molecule has 0 aliphatic heterocycles. The zero-order valence-electron chi connectivity index (χ0n) is 12.3. The molecule has 4 nitrogen and oxygen atoms in total. The summed E-state index contributed by atoms with van der Waals surface area (Å²) in [5, 5.41) is 2.91. The number of halogens is 1. The van der Waals surface area contributed by atoms with E-state index in [0.717, 1.165) is 21.4 Å². The zero-order valence-corrected chi connectivity index (χ0v) is 13.9. The van der Waals surface area contributed by atoms with Crippen LogP contribution in [0.5, 0.6) is 0 Å². The van der Waals surface area contributed by atoms with Crippen molar-refractivity contribution in [3.8, 4) is 0 Å². The van der Waals surface area contributed by atoms with E-state index >= 15 is 0 Å². The number of hydrogen-bond acceptors (Lipinski definition) is 3. The monoisotopic (exact) mass is 347 g/mol. The first-order valence-electron chi connectivity index (χ1n) is 6.72. The number of hydrogen-bond donors (Lipinski definition) is 2. The molecule has 3 N–H and O–H groups in total. The lowest BCUT2D eigenvalue weighted by Gasteiger charge is -2.12. The highest BCUT2D eigenvalue weighted by atomic mass is 79.9. The third kappa shape index (κ3) is 3.61. The number of anilines is 2. The van der Waals surface area contributed by atoms with Gasteiger partial charge in [0.15, 0.2) is 0 Å². The first-order valence-corrected chi connectivity index (χ1v) is 7.51. The molecule has 1 heterocycles. The van der Waals surface area contributed by atoms with Crippen LogP contribution in [-0.4, -0.2) is 10.9 Å². The Morgan fingerprint density at radius 1 is 1.33 bits per heavy atom. The maximum Gasteiger partial charge on any atom is 0.255 e. The Labute approximate surface area is 132 Å². The van der Waals surface area contributed by atoms with Gasteiger partial charge in [-0.05, 0) is 42.7 Å². The van der Waals surface area contributed by atoms with E-state index in [1.165, 1.54) is 0 Å². The Hall–Kier alpha value is -1.88. The quantitative estimate of drug-likeness (QED) is 0.877. The topological polar surface area (TPSA) is 68.0 Å². The predicted molar refractivity (Wildman–Crippen MR) is 89.6 cm³/mol. The molecular weight excluding hydrogens is 330 g/mol. The molecular formula is C16H18BrN3O. The second-order valence-corrected chi connectivity index (χ2v) is 6.08. The van der Waals surface area contributed by atoms with Gasteiger partial charge in [0.05, 0.1) is 0 Å². The fourth-order valence-corrected chi connectivity index (χ4v) is 2.30. The normalized spacial score (nSPS) is 10.7. The summed E-state index contributed by atoms with van der Waals surface area (Å²) in [6, 6.07) is 9.06. The van der Waals surface area contributed by atoms with Crippen molar-refractivity contribution in [3.63, 3.8) is 0 Å². The highest BCUT2D eigenvalue weighted by Gasteiger charge is 2.12. The van der Waals surface area contributed by atoms with Gasteiger partial charge in [0, 0.05) is 21.4 Å². The van der Waals surface area contributed by atoms with Crippen molar-refractivity contribution in [3.05, 3.63) is 51.6 Å². The number of nitrogens with two attached hydrogens (primary N) is 1. The zero-order chi connectivity index (χ0) is 15.6. The van der Waals surface area contributed by atoms with Gasteiger partial charge in [0.1, 0.15) is 5.82 Å². The average Bonchev–Trinajstić information content (AvgIpc) is 2.43. The summed E-state index contributed by atoms with van der Waals surface area (Å²) in [5.41, 5.74) is 8.87. The molecule has 0 spiro atoms. The van der Waals surface area contributed by atoms with Gasteiger partial charge in [0.2, 0.25) is 0 Å². The van der Waals surface area contributed by atoms with Crippen LogP contribution in [0.4, 0.5) is 11.5 Å². The minimum Gasteiger partial charge on any atom is -0.384 e. The number of carbonyl (C=O) groups excluding carboxylic acids is 1. The van der Waals surface area contributed by atoms with Crippen LogP contribution in [0.25, 0.3) is 0 Å². The number of nitrogens with one attached hydrogen (secondary N) is 1. The molecule has 0 bridgehead atoms. The van der Waals surface area contributed by atoms with E-state index in [1.807, 2.05) is 39.0 Å². The fraction of sp³-hybridized carbons (Fsp3) is 0.250. The molecule has 0 radical (unpaired) electrons. The molecule has 2 rings (SSSR count). The molecule has 0 unspecified atom stereocenters. The number of nitrogen functional groups attached to an aromatic ring is 1. The molecule has 1 aromatic carbocycles. The second-order valence-electron chi connectivity index (χ2n) is 5.23. The molecule has 0 atom stereocenters. The number of pyridine rings is 1. The lowest BCUT2D eigenvalue weighted by Crippen LogP contribution is -2.14. The number of aromatic nitrogens is 1. The largest absolute Gasteiger partial charge is 0.384 e. The Morgan fingerprint density at radius 3 is 2.71 bits per heavy atom. The van der Waals surface area contributed by atoms with E-state index in [9.17, 15) is 4.79 Å². The van der Waals surface area contributed by atoms with Crippen molar-refractivity contribution in [1.82, 2.24) is 4.98 Å². The van der Waals surface area contributed by atoms with Gasteiger partial charge in [-0.3, -0.25) is 4.79 Å². The van der Waals surface area contributed by atoms with Gasteiger partial charge in [-0.25, -0.2) is 4.98 Å². The lowest BCUT2D eigenvalue weighted by molar-refractivity contribution is 0.102. The second kappa shape index (κ2) is 6.26. The first kappa shape index (κ1) is 15.5. The third-order valence-corrected chi connectivity index (χ3v) is 4.09. The maximum atomic E-state index is 12.4. The summed E-state index contributed by atoms with van der Waals surface area (Å²) in [5.74, 6) is 0.386. The summed E-state index contributed by atoms with van der Waals surface area (Å²) in [4.78, 5) is 16.6. The van der Waals surface area contributed by atoms with Gasteiger partial charge in [-0.2, -0.15) is 0 Å². The van der Waals surface area contributed by atoms with E-state index < -0.39 is 0 Å². The maximum absolute atomic E-state index is 12.4. The number of carbonyl (C=O) groups is 1. The van der Waals surface area contributed by atoms with Crippen LogP contribution < -0.4 is 11.1 Å². The van der Waals surface area contributed by atoms with E-state index in [4.69, 9.17) is 5.73 Å². The van der Waals surface area contributed by atoms with Crippen LogP contribution in [-0.2, 0) is 0 Å². The van der Waals surface area contributed by atoms with Crippen LogP contribution in [0.1, 0.15) is 41.4 Å². The summed E-state index contributed by atoms with van der Waals surface area (Å²) >= 11 is 3.45. The first-order chi connectivity index (χ1) is 9.88. The van der Waals surface area contributed by atoms with Gasteiger partial charge >= 0.3 is 0 Å². The van der Waals surface area contributed by atoms with Crippen molar-refractivity contribution < 1.29 is 4.79 Å². The van der Waals surface area contributed by atoms with Gasteiger partial charge in [-0.15, -0.1) is 0 Å². The van der Waals surface area contributed by atoms with E-state index in [-0.39, 0.29) is 11.8 Å². The Balaban J connectivity index is 2.30. The van der Waals surface area contributed by atoms with Crippen LogP contribution in [0.15, 0.2) is 34.8 Å². The number of benzene rings is 1. The number of rotatable bonds is 3. The van der Waals surface area contributed by atoms with Crippen molar-refractivity contribution in [1.29, 1.82) is 0 Å². The molecule has 2 aromatic rings. The average molecular weight is 348 g/mol. The van der Waals surface area contributed by atoms with Gasteiger partial charge < -0.3 is 11.1 Å². The van der Waals surface area contributed by atoms with Crippen LogP contribution in [0, 0.1) is 6.92 Å². The number of amides is 1. The van der Waals surface area contributed by atoms with Crippen LogP contribution >= 0.6 is 15.9 Å². The molecule has 110 valence electrons. The Morgan fingerprint density at radius 2 is 2.05 bits per heavy atom. The minimum atomic E-state index is -0.188. The van der Waals surface area contributed by atoms with Crippen LogP contribution in [0.2, 0.25) is 0 Å². The summed E-state index contributed by atoms with van der Waals surface area (Å²) in [6.07, 6.45) is 0. The Kier molecular flexibility index (Phi) is 4.63. The van der Waals surface area contributed by atoms with Crippen molar-refractivity contribution in [2.24, 2.45) is 0 Å². The molecule has 0 aliphatic rings. The van der Waals surface area contributed by atoms with E-state index in [2.05, 4.69) is 26.2 Å². The van der Waals surface area contributed by atoms with E-state index in [0.29, 0.717) is 11.4 Å². The molecule has 0 saturated carbocycles. The van der Waals surface area contributed by atoms with E-state index in [1.54, 1.807) is 12.1 Å². The van der Waals surface area contributed by atoms with Crippen molar-refractivity contribution >= 4 is 33.3 Å². The summed E-state index contributed by atoms with van der Waals surface area (Å²) < 4.78 is 0.956. The predicted octanol–water partition coefficient (Wildman–Crippen LogP) is 4.11. The molecule has 1 amide bonds. The minimum absolute atomic E-state index is 0.188. The van der Waals surface area contributed by atoms with Crippen molar-refractivity contribution in [2.45, 2.75) is 26.7 Å². The summed E-state index contributed by atoms with van der Waals surface area (Å²) in [7, 11) is 0.